The maximum absolute atomic E-state index is 12.4. The molecule has 1 saturated heterocycles. The summed E-state index contributed by atoms with van der Waals surface area (Å²) in [6, 6.07) is 5.72. The SMILES string of the molecule is COc1cc(C(C)NC(=O)C2CCCCN2)ccc1OCCC(C)C.Cl. The zero-order valence-electron chi connectivity index (χ0n) is 16.3. The molecule has 2 unspecified atom stereocenters. The van der Waals surface area contributed by atoms with Gasteiger partial charge in [0, 0.05) is 0 Å². The quantitative estimate of drug-likeness (QED) is 0.714. The van der Waals surface area contributed by atoms with Crippen LogP contribution in [0.4, 0.5) is 0 Å². The van der Waals surface area contributed by atoms with Crippen LogP contribution in [0, 0.1) is 5.92 Å². The molecular formula is C20H33ClN2O3. The van der Waals surface area contributed by atoms with E-state index in [0.717, 1.165) is 43.5 Å². The summed E-state index contributed by atoms with van der Waals surface area (Å²) in [5, 5.41) is 6.38. The summed E-state index contributed by atoms with van der Waals surface area (Å²) in [5.41, 5.74) is 1.01. The van der Waals surface area contributed by atoms with E-state index in [4.69, 9.17) is 9.47 Å². The number of carbonyl (C=O) groups is 1. The Morgan fingerprint density at radius 1 is 1.27 bits per heavy atom. The lowest BCUT2D eigenvalue weighted by molar-refractivity contribution is -0.124. The first kappa shape index (κ1) is 22.6. The van der Waals surface area contributed by atoms with E-state index in [-0.39, 0.29) is 30.4 Å². The van der Waals surface area contributed by atoms with Crippen LogP contribution >= 0.6 is 12.4 Å². The van der Waals surface area contributed by atoms with Gasteiger partial charge in [-0.2, -0.15) is 0 Å². The standard InChI is InChI=1S/C20H32N2O3.ClH/c1-14(2)10-12-25-18-9-8-16(13-19(18)24-4)15(3)22-20(23)17-7-5-6-11-21-17;/h8-9,13-15,17,21H,5-7,10-12H2,1-4H3,(H,22,23);1H. The molecule has 1 amide bonds. The molecule has 0 radical (unpaired) electrons. The second kappa shape index (κ2) is 11.3. The summed E-state index contributed by atoms with van der Waals surface area (Å²) in [4.78, 5) is 12.4. The Labute approximate surface area is 163 Å². The highest BCUT2D eigenvalue weighted by atomic mass is 35.5. The van der Waals surface area contributed by atoms with Gasteiger partial charge in [0.1, 0.15) is 0 Å². The molecule has 2 atom stereocenters. The summed E-state index contributed by atoms with van der Waals surface area (Å²) < 4.78 is 11.3. The molecule has 2 rings (SSSR count). The summed E-state index contributed by atoms with van der Waals surface area (Å²) in [5.74, 6) is 2.13. The Morgan fingerprint density at radius 2 is 2.04 bits per heavy atom. The fraction of sp³-hybridized carbons (Fsp3) is 0.650. The molecule has 6 heteroatoms. The normalized spacial score (nSPS) is 18.0. The largest absolute Gasteiger partial charge is 0.493 e. The molecule has 26 heavy (non-hydrogen) atoms. The van der Waals surface area contributed by atoms with Gasteiger partial charge in [-0.1, -0.05) is 26.3 Å². The number of rotatable bonds is 8. The third-order valence-electron chi connectivity index (χ3n) is 4.63. The second-order valence-corrected chi connectivity index (χ2v) is 7.17. The van der Waals surface area contributed by atoms with Gasteiger partial charge in [0.05, 0.1) is 25.8 Å². The number of ether oxygens (including phenoxy) is 2. The van der Waals surface area contributed by atoms with Crippen molar-refractivity contribution in [2.45, 2.75) is 58.5 Å². The van der Waals surface area contributed by atoms with E-state index in [1.54, 1.807) is 7.11 Å². The van der Waals surface area contributed by atoms with E-state index in [9.17, 15) is 4.79 Å². The average Bonchev–Trinajstić information content (AvgIpc) is 2.62. The van der Waals surface area contributed by atoms with E-state index >= 15 is 0 Å². The smallest absolute Gasteiger partial charge is 0.237 e. The molecule has 0 spiro atoms. The molecule has 1 fully saturated rings. The van der Waals surface area contributed by atoms with Crippen LogP contribution in [0.1, 0.15) is 58.1 Å². The predicted molar refractivity (Wildman–Crippen MR) is 107 cm³/mol. The Balaban J connectivity index is 0.00000338. The lowest BCUT2D eigenvalue weighted by atomic mass is 10.0. The maximum Gasteiger partial charge on any atom is 0.237 e. The third-order valence-corrected chi connectivity index (χ3v) is 4.63. The lowest BCUT2D eigenvalue weighted by Gasteiger charge is -2.25. The van der Waals surface area contributed by atoms with Crippen LogP contribution in [0.2, 0.25) is 0 Å². The van der Waals surface area contributed by atoms with Gasteiger partial charge < -0.3 is 20.1 Å². The van der Waals surface area contributed by atoms with Gasteiger partial charge in [0.25, 0.3) is 0 Å². The summed E-state index contributed by atoms with van der Waals surface area (Å²) in [6.07, 6.45) is 4.17. The van der Waals surface area contributed by atoms with Gasteiger partial charge in [0.2, 0.25) is 5.91 Å². The topological polar surface area (TPSA) is 59.6 Å². The number of carbonyl (C=O) groups excluding carboxylic acids is 1. The molecule has 0 aliphatic carbocycles. The van der Waals surface area contributed by atoms with Gasteiger partial charge >= 0.3 is 0 Å². The van der Waals surface area contributed by atoms with Crippen molar-refractivity contribution >= 4 is 18.3 Å². The third kappa shape index (κ3) is 6.69. The van der Waals surface area contributed by atoms with Crippen LogP contribution in [-0.2, 0) is 4.79 Å². The number of hydrogen-bond acceptors (Lipinski definition) is 4. The summed E-state index contributed by atoms with van der Waals surface area (Å²) in [6.45, 7) is 7.94. The van der Waals surface area contributed by atoms with Crippen molar-refractivity contribution in [3.63, 3.8) is 0 Å². The van der Waals surface area contributed by atoms with Crippen molar-refractivity contribution in [2.75, 3.05) is 20.3 Å². The van der Waals surface area contributed by atoms with Gasteiger partial charge in [-0.15, -0.1) is 12.4 Å². The molecule has 1 heterocycles. The van der Waals surface area contributed by atoms with E-state index < -0.39 is 0 Å². The van der Waals surface area contributed by atoms with Gasteiger partial charge in [-0.3, -0.25) is 4.79 Å². The fourth-order valence-corrected chi connectivity index (χ4v) is 2.95. The first-order chi connectivity index (χ1) is 12.0. The molecule has 2 N–H and O–H groups in total. The molecule has 1 aliphatic rings. The van der Waals surface area contributed by atoms with Gasteiger partial charge in [-0.05, 0) is 56.3 Å². The minimum atomic E-state index is -0.0742. The number of benzene rings is 1. The average molecular weight is 385 g/mol. The number of piperidine rings is 1. The molecule has 1 aliphatic heterocycles. The minimum Gasteiger partial charge on any atom is -0.493 e. The van der Waals surface area contributed by atoms with Crippen molar-refractivity contribution in [2.24, 2.45) is 5.92 Å². The number of amides is 1. The Morgan fingerprint density at radius 3 is 2.65 bits per heavy atom. The summed E-state index contributed by atoms with van der Waals surface area (Å²) >= 11 is 0. The first-order valence-corrected chi connectivity index (χ1v) is 9.35. The highest BCUT2D eigenvalue weighted by Crippen LogP contribution is 2.30. The Kier molecular flexibility index (Phi) is 9.81. The summed E-state index contributed by atoms with van der Waals surface area (Å²) in [7, 11) is 1.64. The zero-order chi connectivity index (χ0) is 18.2. The highest BCUT2D eigenvalue weighted by Gasteiger charge is 2.22. The van der Waals surface area contributed by atoms with Crippen LogP contribution in [0.5, 0.6) is 11.5 Å². The van der Waals surface area contributed by atoms with Crippen molar-refractivity contribution in [1.29, 1.82) is 0 Å². The van der Waals surface area contributed by atoms with Crippen LogP contribution in [0.15, 0.2) is 18.2 Å². The van der Waals surface area contributed by atoms with Gasteiger partial charge in [-0.25, -0.2) is 0 Å². The highest BCUT2D eigenvalue weighted by molar-refractivity contribution is 5.85. The monoisotopic (exact) mass is 384 g/mol. The van der Waals surface area contributed by atoms with Crippen molar-refractivity contribution in [1.82, 2.24) is 10.6 Å². The number of methoxy groups -OCH3 is 1. The molecule has 1 aromatic carbocycles. The van der Waals surface area contributed by atoms with Crippen LogP contribution in [-0.4, -0.2) is 32.2 Å². The minimum absolute atomic E-state index is 0. The van der Waals surface area contributed by atoms with Crippen LogP contribution in [0.25, 0.3) is 0 Å². The van der Waals surface area contributed by atoms with Crippen LogP contribution in [0.3, 0.4) is 0 Å². The van der Waals surface area contributed by atoms with E-state index in [1.807, 2.05) is 25.1 Å². The molecule has 0 bridgehead atoms. The second-order valence-electron chi connectivity index (χ2n) is 7.17. The Bertz CT molecular complexity index is 560. The van der Waals surface area contributed by atoms with E-state index in [1.165, 1.54) is 0 Å². The van der Waals surface area contributed by atoms with E-state index in [2.05, 4.69) is 24.5 Å². The maximum atomic E-state index is 12.4. The van der Waals surface area contributed by atoms with Crippen molar-refractivity contribution in [3.05, 3.63) is 23.8 Å². The molecule has 0 saturated carbocycles. The molecule has 5 nitrogen and oxygen atoms in total. The lowest BCUT2D eigenvalue weighted by Crippen LogP contribution is -2.47. The molecule has 148 valence electrons. The fourth-order valence-electron chi connectivity index (χ4n) is 2.95. The number of halogens is 1. The zero-order valence-corrected chi connectivity index (χ0v) is 17.2. The first-order valence-electron chi connectivity index (χ1n) is 9.35. The number of hydrogen-bond donors (Lipinski definition) is 2. The van der Waals surface area contributed by atoms with Crippen LogP contribution < -0.4 is 20.1 Å². The Hall–Kier alpha value is -1.46. The van der Waals surface area contributed by atoms with Gasteiger partial charge in [0.15, 0.2) is 11.5 Å². The molecule has 0 aromatic heterocycles. The van der Waals surface area contributed by atoms with Crippen molar-refractivity contribution in [3.8, 4) is 11.5 Å². The predicted octanol–water partition coefficient (Wildman–Crippen LogP) is 3.86. The molecule has 1 aromatic rings. The van der Waals surface area contributed by atoms with Crippen molar-refractivity contribution < 1.29 is 14.3 Å². The van der Waals surface area contributed by atoms with E-state index in [0.29, 0.717) is 18.3 Å². The number of nitrogens with one attached hydrogen (secondary N) is 2. The molecular weight excluding hydrogens is 352 g/mol.